The van der Waals surface area contributed by atoms with Gasteiger partial charge in [0.05, 0.1) is 12.1 Å². The molecule has 24 heavy (non-hydrogen) atoms. The second-order valence-electron chi connectivity index (χ2n) is 8.12. The third-order valence-corrected chi connectivity index (χ3v) is 4.39. The van der Waals surface area contributed by atoms with Crippen LogP contribution in [0.5, 0.6) is 0 Å². The van der Waals surface area contributed by atoms with Crippen molar-refractivity contribution < 1.29 is 14.7 Å². The van der Waals surface area contributed by atoms with E-state index in [2.05, 4.69) is 31.4 Å². The number of carbonyl (C=O) groups excluding carboxylic acids is 2. The first-order chi connectivity index (χ1) is 11.1. The number of aliphatic hydroxyl groups is 1. The maximum absolute atomic E-state index is 12.4. The highest BCUT2D eigenvalue weighted by molar-refractivity contribution is 5.98. The summed E-state index contributed by atoms with van der Waals surface area (Å²) in [4.78, 5) is 24.5. The van der Waals surface area contributed by atoms with Crippen LogP contribution < -0.4 is 10.6 Å². The van der Waals surface area contributed by atoms with E-state index in [1.165, 1.54) is 0 Å². The predicted octanol–water partition coefficient (Wildman–Crippen LogP) is 2.35. The maximum atomic E-state index is 12.4. The van der Waals surface area contributed by atoms with E-state index < -0.39 is 5.54 Å². The van der Waals surface area contributed by atoms with Crippen LogP contribution in [0, 0.1) is 11.3 Å². The summed E-state index contributed by atoms with van der Waals surface area (Å²) in [7, 11) is 0. The van der Waals surface area contributed by atoms with Gasteiger partial charge in [-0.3, -0.25) is 9.59 Å². The Morgan fingerprint density at radius 2 is 1.54 bits per heavy atom. The summed E-state index contributed by atoms with van der Waals surface area (Å²) in [5.74, 6) is -0.0240. The molecule has 0 bridgehead atoms. The molecule has 1 fully saturated rings. The Morgan fingerprint density at radius 1 is 1.04 bits per heavy atom. The van der Waals surface area contributed by atoms with Gasteiger partial charge >= 0.3 is 0 Å². The van der Waals surface area contributed by atoms with Crippen LogP contribution in [-0.4, -0.2) is 35.6 Å². The highest BCUT2D eigenvalue weighted by Gasteiger charge is 2.42. The molecule has 0 aromatic heterocycles. The molecule has 0 spiro atoms. The van der Waals surface area contributed by atoms with Gasteiger partial charge in [-0.25, -0.2) is 0 Å². The fraction of sp³-hybridized carbons (Fsp3) is 0.579. The molecule has 1 unspecified atom stereocenters. The Bertz CT molecular complexity index is 600. The molecule has 0 radical (unpaired) electrons. The van der Waals surface area contributed by atoms with Crippen LogP contribution >= 0.6 is 0 Å². The van der Waals surface area contributed by atoms with Gasteiger partial charge in [-0.1, -0.05) is 20.8 Å². The Balaban J connectivity index is 1.98. The van der Waals surface area contributed by atoms with E-state index in [0.717, 1.165) is 12.8 Å². The molecule has 3 N–H and O–H groups in total. The van der Waals surface area contributed by atoms with Crippen molar-refractivity contribution in [2.24, 2.45) is 11.3 Å². The lowest BCUT2D eigenvalue weighted by Gasteiger charge is -2.28. The second kappa shape index (κ2) is 6.93. The molecule has 1 aliphatic rings. The number of carbonyl (C=O) groups is 2. The molecule has 2 rings (SSSR count). The molecule has 5 heteroatoms. The van der Waals surface area contributed by atoms with Crippen molar-refractivity contribution in [2.45, 2.75) is 46.1 Å². The molecule has 2 amide bonds. The molecule has 132 valence electrons. The van der Waals surface area contributed by atoms with Gasteiger partial charge in [-0.05, 0) is 55.4 Å². The van der Waals surface area contributed by atoms with Gasteiger partial charge < -0.3 is 15.7 Å². The molecule has 1 aliphatic carbocycles. The van der Waals surface area contributed by atoms with E-state index in [1.54, 1.807) is 24.3 Å². The van der Waals surface area contributed by atoms with E-state index in [9.17, 15) is 14.7 Å². The standard InChI is InChI=1S/C19H28N2O3/c1-18(2,3)11-20-16(23)13-5-7-14(8-6-13)17(24)21-19(4,12-22)15-9-10-15/h5-8,15,22H,9-12H2,1-4H3,(H,20,23)(H,21,24). The first-order valence-corrected chi connectivity index (χ1v) is 8.46. The monoisotopic (exact) mass is 332 g/mol. The quantitative estimate of drug-likeness (QED) is 0.748. The minimum atomic E-state index is -0.570. The number of hydrogen-bond donors (Lipinski definition) is 3. The minimum absolute atomic E-state index is 0.0209. The molecule has 1 atom stereocenters. The van der Waals surface area contributed by atoms with Crippen LogP contribution in [0.1, 0.15) is 61.3 Å². The normalized spacial score (nSPS) is 17.0. The maximum Gasteiger partial charge on any atom is 0.251 e. The minimum Gasteiger partial charge on any atom is -0.394 e. The number of amides is 2. The lowest BCUT2D eigenvalue weighted by Crippen LogP contribution is -2.50. The average Bonchev–Trinajstić information content (AvgIpc) is 3.37. The topological polar surface area (TPSA) is 78.4 Å². The zero-order chi connectivity index (χ0) is 18.0. The first kappa shape index (κ1) is 18.5. The van der Waals surface area contributed by atoms with Gasteiger partial charge in [0.25, 0.3) is 11.8 Å². The van der Waals surface area contributed by atoms with Gasteiger partial charge in [0.15, 0.2) is 0 Å². The Morgan fingerprint density at radius 3 is 1.96 bits per heavy atom. The van der Waals surface area contributed by atoms with Gasteiger partial charge in [0.2, 0.25) is 0 Å². The second-order valence-corrected chi connectivity index (χ2v) is 8.12. The van der Waals surface area contributed by atoms with Crippen molar-refractivity contribution in [2.75, 3.05) is 13.2 Å². The van der Waals surface area contributed by atoms with Gasteiger partial charge in [0.1, 0.15) is 0 Å². The Hall–Kier alpha value is -1.88. The molecular formula is C19H28N2O3. The molecular weight excluding hydrogens is 304 g/mol. The lowest BCUT2D eigenvalue weighted by atomic mass is 9.96. The number of aliphatic hydroxyl groups excluding tert-OH is 1. The largest absolute Gasteiger partial charge is 0.394 e. The van der Waals surface area contributed by atoms with Gasteiger partial charge in [-0.15, -0.1) is 0 Å². The highest BCUT2D eigenvalue weighted by atomic mass is 16.3. The van der Waals surface area contributed by atoms with E-state index in [0.29, 0.717) is 23.6 Å². The van der Waals surface area contributed by atoms with Crippen LogP contribution in [0.25, 0.3) is 0 Å². The number of nitrogens with one attached hydrogen (secondary N) is 2. The molecule has 0 heterocycles. The molecule has 1 aromatic carbocycles. The number of benzene rings is 1. The smallest absolute Gasteiger partial charge is 0.251 e. The zero-order valence-electron chi connectivity index (χ0n) is 15.0. The average molecular weight is 332 g/mol. The van der Waals surface area contributed by atoms with E-state index >= 15 is 0 Å². The summed E-state index contributed by atoms with van der Waals surface area (Å²) in [6.07, 6.45) is 2.06. The number of rotatable bonds is 6. The van der Waals surface area contributed by atoms with E-state index in [-0.39, 0.29) is 23.8 Å². The fourth-order valence-electron chi connectivity index (χ4n) is 2.54. The summed E-state index contributed by atoms with van der Waals surface area (Å²) in [5.41, 5.74) is 0.470. The van der Waals surface area contributed by atoms with Crippen molar-refractivity contribution in [1.82, 2.24) is 10.6 Å². The molecule has 1 saturated carbocycles. The Kier molecular flexibility index (Phi) is 5.33. The molecule has 0 aliphatic heterocycles. The predicted molar refractivity (Wildman–Crippen MR) is 93.9 cm³/mol. The van der Waals surface area contributed by atoms with Crippen LogP contribution in [0.2, 0.25) is 0 Å². The van der Waals surface area contributed by atoms with Gasteiger partial charge in [-0.2, -0.15) is 0 Å². The van der Waals surface area contributed by atoms with Crippen molar-refractivity contribution in [3.8, 4) is 0 Å². The molecule has 5 nitrogen and oxygen atoms in total. The van der Waals surface area contributed by atoms with Gasteiger partial charge in [0, 0.05) is 17.7 Å². The van der Waals surface area contributed by atoms with Crippen molar-refractivity contribution in [3.05, 3.63) is 35.4 Å². The third kappa shape index (κ3) is 4.81. The zero-order valence-corrected chi connectivity index (χ0v) is 15.0. The first-order valence-electron chi connectivity index (χ1n) is 8.46. The van der Waals surface area contributed by atoms with Crippen molar-refractivity contribution in [1.29, 1.82) is 0 Å². The fourth-order valence-corrected chi connectivity index (χ4v) is 2.54. The summed E-state index contributed by atoms with van der Waals surface area (Å²) in [6, 6.07) is 6.60. The summed E-state index contributed by atoms with van der Waals surface area (Å²) in [5, 5.41) is 15.4. The third-order valence-electron chi connectivity index (χ3n) is 4.39. The SMILES string of the molecule is CC(C)(C)CNC(=O)c1ccc(C(=O)NC(C)(CO)C2CC2)cc1. The van der Waals surface area contributed by atoms with E-state index in [4.69, 9.17) is 0 Å². The van der Waals surface area contributed by atoms with Crippen LogP contribution in [0.3, 0.4) is 0 Å². The summed E-state index contributed by atoms with van der Waals surface area (Å²) in [6.45, 7) is 8.55. The van der Waals surface area contributed by atoms with Crippen LogP contribution in [-0.2, 0) is 0 Å². The lowest BCUT2D eigenvalue weighted by molar-refractivity contribution is 0.0823. The van der Waals surface area contributed by atoms with Crippen LogP contribution in [0.15, 0.2) is 24.3 Å². The summed E-state index contributed by atoms with van der Waals surface area (Å²) < 4.78 is 0. The van der Waals surface area contributed by atoms with E-state index in [1.807, 2.05) is 6.92 Å². The van der Waals surface area contributed by atoms with Crippen LogP contribution in [0.4, 0.5) is 0 Å². The van der Waals surface area contributed by atoms with Crippen molar-refractivity contribution in [3.63, 3.8) is 0 Å². The highest BCUT2D eigenvalue weighted by Crippen LogP contribution is 2.39. The summed E-state index contributed by atoms with van der Waals surface area (Å²) >= 11 is 0. The Labute approximate surface area is 143 Å². The van der Waals surface area contributed by atoms with Crippen molar-refractivity contribution >= 4 is 11.8 Å². The molecule has 0 saturated heterocycles. The number of hydrogen-bond acceptors (Lipinski definition) is 3. The molecule has 1 aromatic rings.